The van der Waals surface area contributed by atoms with Gasteiger partial charge in [-0.3, -0.25) is 0 Å². The summed E-state index contributed by atoms with van der Waals surface area (Å²) in [5.41, 5.74) is 3.85. The van der Waals surface area contributed by atoms with Crippen LogP contribution in [-0.4, -0.2) is 0 Å². The molecule has 0 radical (unpaired) electrons. The Bertz CT molecular complexity index is 384. The van der Waals surface area contributed by atoms with E-state index in [0.29, 0.717) is 17.7 Å². The monoisotopic (exact) mass is 366 g/mol. The standard InChI is InChI=1S/C13H17Br2Cl/c1-7(2)9-5-11(14)12(8(3)4)13(15)10(9)6-16/h5,7-8H,6H2,1-4H3. The van der Waals surface area contributed by atoms with E-state index in [0.717, 1.165) is 4.47 Å². The number of benzene rings is 1. The zero-order valence-electron chi connectivity index (χ0n) is 10.1. The highest BCUT2D eigenvalue weighted by Crippen LogP contribution is 2.39. The summed E-state index contributed by atoms with van der Waals surface area (Å²) in [7, 11) is 0. The highest BCUT2D eigenvalue weighted by atomic mass is 79.9. The van der Waals surface area contributed by atoms with E-state index in [-0.39, 0.29) is 0 Å². The molecule has 0 fully saturated rings. The second-order valence-corrected chi connectivity index (χ2v) is 6.51. The van der Waals surface area contributed by atoms with Gasteiger partial charge in [0.1, 0.15) is 0 Å². The van der Waals surface area contributed by atoms with Gasteiger partial charge in [-0.25, -0.2) is 0 Å². The largest absolute Gasteiger partial charge is 0.121 e. The van der Waals surface area contributed by atoms with E-state index in [4.69, 9.17) is 11.6 Å². The summed E-state index contributed by atoms with van der Waals surface area (Å²) in [4.78, 5) is 0. The van der Waals surface area contributed by atoms with Crippen LogP contribution in [0.3, 0.4) is 0 Å². The first kappa shape index (κ1) is 14.5. The molecule has 0 saturated heterocycles. The lowest BCUT2D eigenvalue weighted by atomic mass is 9.93. The molecule has 0 aliphatic heterocycles. The van der Waals surface area contributed by atoms with Crippen LogP contribution in [0.1, 0.15) is 56.2 Å². The maximum absolute atomic E-state index is 6.07. The molecule has 0 atom stereocenters. The van der Waals surface area contributed by atoms with Crippen molar-refractivity contribution in [2.24, 2.45) is 0 Å². The van der Waals surface area contributed by atoms with E-state index in [1.165, 1.54) is 21.2 Å². The number of hydrogen-bond acceptors (Lipinski definition) is 0. The molecule has 0 aromatic heterocycles. The van der Waals surface area contributed by atoms with Crippen molar-refractivity contribution < 1.29 is 0 Å². The molecule has 0 N–H and O–H groups in total. The predicted octanol–water partition coefficient (Wildman–Crippen LogP) is 6.20. The summed E-state index contributed by atoms with van der Waals surface area (Å²) in [6.07, 6.45) is 0. The van der Waals surface area contributed by atoms with Gasteiger partial charge in [0, 0.05) is 14.8 Å². The second kappa shape index (κ2) is 5.88. The topological polar surface area (TPSA) is 0 Å². The van der Waals surface area contributed by atoms with Gasteiger partial charge in [0.05, 0.1) is 0 Å². The second-order valence-electron chi connectivity index (χ2n) is 4.60. The van der Waals surface area contributed by atoms with Crippen molar-refractivity contribution in [3.63, 3.8) is 0 Å². The van der Waals surface area contributed by atoms with Crippen molar-refractivity contribution in [3.8, 4) is 0 Å². The first-order valence-corrected chi connectivity index (χ1v) is 7.58. The van der Waals surface area contributed by atoms with Crippen LogP contribution in [0.5, 0.6) is 0 Å². The zero-order valence-corrected chi connectivity index (χ0v) is 14.0. The molecule has 0 saturated carbocycles. The van der Waals surface area contributed by atoms with E-state index < -0.39 is 0 Å². The van der Waals surface area contributed by atoms with Crippen molar-refractivity contribution in [3.05, 3.63) is 31.7 Å². The Morgan fingerprint density at radius 3 is 2.06 bits per heavy atom. The lowest BCUT2D eigenvalue weighted by Crippen LogP contribution is -2.02. The third kappa shape index (κ3) is 2.83. The lowest BCUT2D eigenvalue weighted by molar-refractivity contribution is 0.822. The molecule has 1 aromatic carbocycles. The number of halogens is 3. The smallest absolute Gasteiger partial charge is 0.0488 e. The summed E-state index contributed by atoms with van der Waals surface area (Å²) in [6.45, 7) is 8.77. The van der Waals surface area contributed by atoms with E-state index in [1.54, 1.807) is 0 Å². The maximum atomic E-state index is 6.07. The van der Waals surface area contributed by atoms with Crippen molar-refractivity contribution in [1.82, 2.24) is 0 Å². The summed E-state index contributed by atoms with van der Waals surface area (Å²) < 4.78 is 2.34. The van der Waals surface area contributed by atoms with Crippen LogP contribution < -0.4 is 0 Å². The average molecular weight is 369 g/mol. The van der Waals surface area contributed by atoms with Crippen molar-refractivity contribution >= 4 is 43.5 Å². The Labute approximate surface area is 120 Å². The van der Waals surface area contributed by atoms with Gasteiger partial charge in [-0.2, -0.15) is 0 Å². The zero-order chi connectivity index (χ0) is 12.5. The van der Waals surface area contributed by atoms with Gasteiger partial charge in [0.15, 0.2) is 0 Å². The Balaban J connectivity index is 3.50. The van der Waals surface area contributed by atoms with Crippen LogP contribution in [0, 0.1) is 0 Å². The average Bonchev–Trinajstić information content (AvgIpc) is 2.16. The molecule has 0 bridgehead atoms. The predicted molar refractivity (Wildman–Crippen MR) is 79.6 cm³/mol. The molecule has 1 rings (SSSR count). The Hall–Kier alpha value is 0.470. The van der Waals surface area contributed by atoms with Crippen molar-refractivity contribution in [1.29, 1.82) is 0 Å². The Morgan fingerprint density at radius 2 is 1.69 bits per heavy atom. The fourth-order valence-electron chi connectivity index (χ4n) is 1.88. The highest BCUT2D eigenvalue weighted by Gasteiger charge is 2.18. The summed E-state index contributed by atoms with van der Waals surface area (Å²) >= 11 is 13.4. The van der Waals surface area contributed by atoms with E-state index >= 15 is 0 Å². The summed E-state index contributed by atoms with van der Waals surface area (Å²) in [6, 6.07) is 2.21. The van der Waals surface area contributed by atoms with Crippen LogP contribution in [0.15, 0.2) is 15.0 Å². The van der Waals surface area contributed by atoms with Gasteiger partial charge in [-0.05, 0) is 34.6 Å². The van der Waals surface area contributed by atoms with Crippen LogP contribution in [0.2, 0.25) is 0 Å². The lowest BCUT2D eigenvalue weighted by Gasteiger charge is -2.20. The molecular weight excluding hydrogens is 351 g/mol. The molecule has 0 heterocycles. The third-order valence-corrected chi connectivity index (χ3v) is 4.55. The van der Waals surface area contributed by atoms with Crippen molar-refractivity contribution in [2.75, 3.05) is 0 Å². The molecule has 0 aliphatic rings. The normalized spacial score (nSPS) is 11.6. The maximum Gasteiger partial charge on any atom is 0.0488 e. The summed E-state index contributed by atoms with van der Waals surface area (Å²) in [5, 5.41) is 0. The molecule has 0 amide bonds. The van der Waals surface area contributed by atoms with Crippen LogP contribution in [-0.2, 0) is 5.88 Å². The minimum absolute atomic E-state index is 0.479. The highest BCUT2D eigenvalue weighted by molar-refractivity contribution is 9.11. The molecule has 0 unspecified atom stereocenters. The van der Waals surface area contributed by atoms with Gasteiger partial charge < -0.3 is 0 Å². The van der Waals surface area contributed by atoms with Gasteiger partial charge in [0.25, 0.3) is 0 Å². The van der Waals surface area contributed by atoms with Crippen molar-refractivity contribution in [2.45, 2.75) is 45.4 Å². The minimum atomic E-state index is 0.479. The SMILES string of the molecule is CC(C)c1cc(Br)c(C(C)C)c(Br)c1CCl. The number of hydrogen-bond donors (Lipinski definition) is 0. The fourth-order valence-corrected chi connectivity index (χ4v) is 4.53. The molecule has 0 spiro atoms. The minimum Gasteiger partial charge on any atom is -0.121 e. The first-order chi connectivity index (χ1) is 7.40. The quantitative estimate of drug-likeness (QED) is 0.557. The molecular formula is C13H17Br2Cl. The Kier molecular flexibility index (Phi) is 5.34. The molecule has 90 valence electrons. The number of alkyl halides is 1. The fraction of sp³-hybridized carbons (Fsp3) is 0.538. The third-order valence-electron chi connectivity index (χ3n) is 2.72. The van der Waals surface area contributed by atoms with E-state index in [9.17, 15) is 0 Å². The Morgan fingerprint density at radius 1 is 1.12 bits per heavy atom. The summed E-state index contributed by atoms with van der Waals surface area (Å²) in [5.74, 6) is 1.52. The molecule has 0 aliphatic carbocycles. The number of rotatable bonds is 3. The molecule has 1 aromatic rings. The van der Waals surface area contributed by atoms with Crippen LogP contribution >= 0.6 is 43.5 Å². The van der Waals surface area contributed by atoms with E-state index in [2.05, 4.69) is 65.6 Å². The molecule has 16 heavy (non-hydrogen) atoms. The van der Waals surface area contributed by atoms with Gasteiger partial charge in [0.2, 0.25) is 0 Å². The van der Waals surface area contributed by atoms with Crippen LogP contribution in [0.4, 0.5) is 0 Å². The van der Waals surface area contributed by atoms with Gasteiger partial charge in [-0.1, -0.05) is 59.6 Å². The van der Waals surface area contributed by atoms with Gasteiger partial charge in [-0.15, -0.1) is 11.6 Å². The van der Waals surface area contributed by atoms with Crippen LogP contribution in [0.25, 0.3) is 0 Å². The van der Waals surface area contributed by atoms with E-state index in [1.807, 2.05) is 0 Å². The molecule has 3 heteroatoms. The van der Waals surface area contributed by atoms with Gasteiger partial charge >= 0.3 is 0 Å². The molecule has 0 nitrogen and oxygen atoms in total. The first-order valence-electron chi connectivity index (χ1n) is 5.46.